The third kappa shape index (κ3) is 2.71. The average Bonchev–Trinajstić information content (AvgIpc) is 3.10. The number of aromatic nitrogens is 2. The molecule has 2 aromatic rings. The molecule has 1 aliphatic carbocycles. The van der Waals surface area contributed by atoms with Crippen molar-refractivity contribution in [3.8, 4) is 0 Å². The van der Waals surface area contributed by atoms with Crippen molar-refractivity contribution in [1.29, 1.82) is 0 Å². The first-order chi connectivity index (χ1) is 10.6. The molecular formula is C14H13N5O3. The highest BCUT2D eigenvalue weighted by atomic mass is 16.6. The Morgan fingerprint density at radius 1 is 1.45 bits per heavy atom. The number of non-ortho nitro benzene ring substituents is 1. The Bertz CT molecular complexity index is 766. The van der Waals surface area contributed by atoms with Gasteiger partial charge in [0.1, 0.15) is 0 Å². The number of carbonyl (C=O) groups excluding carboxylic acids is 1. The van der Waals surface area contributed by atoms with Crippen LogP contribution in [0.3, 0.4) is 0 Å². The van der Waals surface area contributed by atoms with E-state index in [9.17, 15) is 14.9 Å². The monoisotopic (exact) mass is 299 g/mol. The van der Waals surface area contributed by atoms with E-state index in [-0.39, 0.29) is 11.6 Å². The molecule has 0 saturated carbocycles. The fraction of sp³-hybridized carbons (Fsp3) is 0.214. The summed E-state index contributed by atoms with van der Waals surface area (Å²) in [6.45, 7) is 0. The van der Waals surface area contributed by atoms with Crippen molar-refractivity contribution in [2.24, 2.45) is 5.10 Å². The van der Waals surface area contributed by atoms with Crippen molar-refractivity contribution < 1.29 is 9.72 Å². The molecule has 112 valence electrons. The van der Waals surface area contributed by atoms with E-state index in [4.69, 9.17) is 0 Å². The molecule has 8 nitrogen and oxygen atoms in total. The van der Waals surface area contributed by atoms with Crippen LogP contribution in [-0.2, 0) is 12.8 Å². The molecule has 0 aliphatic heterocycles. The molecule has 0 bridgehead atoms. The van der Waals surface area contributed by atoms with Crippen molar-refractivity contribution in [3.05, 3.63) is 56.9 Å². The van der Waals surface area contributed by atoms with Crippen LogP contribution in [0, 0.1) is 10.1 Å². The number of H-pyrrole nitrogens is 1. The van der Waals surface area contributed by atoms with E-state index in [1.54, 1.807) is 12.1 Å². The molecule has 1 aliphatic rings. The van der Waals surface area contributed by atoms with Crippen LogP contribution < -0.4 is 5.43 Å². The van der Waals surface area contributed by atoms with Gasteiger partial charge in [-0.15, -0.1) is 0 Å². The lowest BCUT2D eigenvalue weighted by Gasteiger charge is -1.98. The Labute approximate surface area is 125 Å². The van der Waals surface area contributed by atoms with Gasteiger partial charge in [-0.2, -0.15) is 10.2 Å². The second-order valence-electron chi connectivity index (χ2n) is 4.93. The highest BCUT2D eigenvalue weighted by Crippen LogP contribution is 2.22. The molecule has 0 radical (unpaired) electrons. The van der Waals surface area contributed by atoms with E-state index in [2.05, 4.69) is 20.7 Å². The summed E-state index contributed by atoms with van der Waals surface area (Å²) in [5.41, 5.74) is 5.21. The molecule has 1 aromatic carbocycles. The van der Waals surface area contributed by atoms with Gasteiger partial charge in [-0.05, 0) is 19.3 Å². The summed E-state index contributed by atoms with van der Waals surface area (Å²) >= 11 is 0. The van der Waals surface area contributed by atoms with Crippen LogP contribution in [0.5, 0.6) is 0 Å². The molecule has 0 spiro atoms. The zero-order valence-electron chi connectivity index (χ0n) is 11.6. The topological polar surface area (TPSA) is 113 Å². The molecule has 0 atom stereocenters. The molecule has 3 rings (SSSR count). The minimum absolute atomic E-state index is 0.0274. The number of carbonyl (C=O) groups is 1. The minimum Gasteiger partial charge on any atom is -0.281 e. The summed E-state index contributed by atoms with van der Waals surface area (Å²) < 4.78 is 0. The van der Waals surface area contributed by atoms with E-state index in [1.165, 1.54) is 18.3 Å². The standard InChI is InChI=1S/C14H13N5O3/c20-14(13-11-5-2-6-12(11)16-17-13)18-15-8-9-3-1-4-10(7-9)19(21)22/h1,3-4,7-8H,2,5-6H2,(H,16,17)(H,18,20)/b15-8+. The van der Waals surface area contributed by atoms with Crippen molar-refractivity contribution in [2.75, 3.05) is 0 Å². The third-order valence-electron chi connectivity index (χ3n) is 3.48. The number of nitrogens with zero attached hydrogens (tertiary/aromatic N) is 3. The first-order valence-electron chi connectivity index (χ1n) is 6.79. The molecule has 0 unspecified atom stereocenters. The number of hydrogen-bond donors (Lipinski definition) is 2. The zero-order valence-corrected chi connectivity index (χ0v) is 11.6. The number of aromatic amines is 1. The molecule has 0 fully saturated rings. The van der Waals surface area contributed by atoms with Gasteiger partial charge < -0.3 is 0 Å². The van der Waals surface area contributed by atoms with Gasteiger partial charge in [0.05, 0.1) is 11.1 Å². The number of nitro benzene ring substituents is 1. The van der Waals surface area contributed by atoms with Crippen LogP contribution >= 0.6 is 0 Å². The maximum atomic E-state index is 12.0. The maximum absolute atomic E-state index is 12.0. The average molecular weight is 299 g/mol. The maximum Gasteiger partial charge on any atom is 0.292 e. The number of amides is 1. The number of aryl methyl sites for hydroxylation is 1. The lowest BCUT2D eigenvalue weighted by Crippen LogP contribution is -2.19. The molecule has 2 N–H and O–H groups in total. The van der Waals surface area contributed by atoms with Crippen LogP contribution in [0.15, 0.2) is 29.4 Å². The molecule has 8 heteroatoms. The quantitative estimate of drug-likeness (QED) is 0.506. The Hall–Kier alpha value is -3.03. The third-order valence-corrected chi connectivity index (χ3v) is 3.48. The number of hydrazone groups is 1. The van der Waals surface area contributed by atoms with Gasteiger partial charge in [0.15, 0.2) is 5.69 Å². The minimum atomic E-state index is -0.483. The van der Waals surface area contributed by atoms with E-state index < -0.39 is 4.92 Å². The summed E-state index contributed by atoms with van der Waals surface area (Å²) in [7, 11) is 0. The highest BCUT2D eigenvalue weighted by molar-refractivity contribution is 5.94. The first-order valence-corrected chi connectivity index (χ1v) is 6.79. The predicted molar refractivity (Wildman–Crippen MR) is 78.8 cm³/mol. The second kappa shape index (κ2) is 5.76. The summed E-state index contributed by atoms with van der Waals surface area (Å²) in [4.78, 5) is 22.2. The van der Waals surface area contributed by atoms with E-state index in [0.29, 0.717) is 11.3 Å². The van der Waals surface area contributed by atoms with Gasteiger partial charge >= 0.3 is 0 Å². The highest BCUT2D eigenvalue weighted by Gasteiger charge is 2.22. The molecule has 1 heterocycles. The van der Waals surface area contributed by atoms with Gasteiger partial charge in [0.25, 0.3) is 11.6 Å². The van der Waals surface area contributed by atoms with Crippen molar-refractivity contribution >= 4 is 17.8 Å². The fourth-order valence-corrected chi connectivity index (χ4v) is 2.44. The lowest BCUT2D eigenvalue weighted by atomic mass is 10.2. The fourth-order valence-electron chi connectivity index (χ4n) is 2.44. The summed E-state index contributed by atoms with van der Waals surface area (Å²) in [6, 6.07) is 5.99. The Balaban J connectivity index is 1.68. The van der Waals surface area contributed by atoms with Crippen LogP contribution in [0.2, 0.25) is 0 Å². The van der Waals surface area contributed by atoms with E-state index in [1.807, 2.05) is 0 Å². The Morgan fingerprint density at radius 3 is 3.14 bits per heavy atom. The second-order valence-corrected chi connectivity index (χ2v) is 4.93. The number of nitrogens with one attached hydrogen (secondary N) is 2. The Morgan fingerprint density at radius 2 is 2.32 bits per heavy atom. The van der Waals surface area contributed by atoms with Gasteiger partial charge in [-0.1, -0.05) is 12.1 Å². The number of benzene rings is 1. The molecule has 22 heavy (non-hydrogen) atoms. The van der Waals surface area contributed by atoms with Gasteiger partial charge in [0.2, 0.25) is 0 Å². The van der Waals surface area contributed by atoms with Crippen molar-refractivity contribution in [2.45, 2.75) is 19.3 Å². The number of rotatable bonds is 4. The largest absolute Gasteiger partial charge is 0.292 e. The lowest BCUT2D eigenvalue weighted by molar-refractivity contribution is -0.384. The predicted octanol–water partition coefficient (Wildman–Crippen LogP) is 1.57. The van der Waals surface area contributed by atoms with E-state index in [0.717, 1.165) is 30.5 Å². The number of fused-ring (bicyclic) bond motifs is 1. The zero-order chi connectivity index (χ0) is 15.5. The van der Waals surface area contributed by atoms with Crippen molar-refractivity contribution in [1.82, 2.24) is 15.6 Å². The van der Waals surface area contributed by atoms with Crippen LogP contribution in [0.25, 0.3) is 0 Å². The molecule has 1 aromatic heterocycles. The first kappa shape index (κ1) is 13.9. The molecular weight excluding hydrogens is 286 g/mol. The number of hydrogen-bond acceptors (Lipinski definition) is 5. The van der Waals surface area contributed by atoms with Gasteiger partial charge in [-0.3, -0.25) is 20.0 Å². The SMILES string of the molecule is O=C(N/N=C/c1cccc([N+](=O)[O-])c1)c1n[nH]c2c1CCC2. The normalized spacial score (nSPS) is 13.3. The van der Waals surface area contributed by atoms with Crippen LogP contribution in [0.4, 0.5) is 5.69 Å². The van der Waals surface area contributed by atoms with Crippen LogP contribution in [0.1, 0.15) is 33.7 Å². The van der Waals surface area contributed by atoms with Crippen LogP contribution in [-0.4, -0.2) is 27.2 Å². The van der Waals surface area contributed by atoms with E-state index >= 15 is 0 Å². The molecule has 0 saturated heterocycles. The van der Waals surface area contributed by atoms with Gasteiger partial charge in [-0.25, -0.2) is 5.43 Å². The smallest absolute Gasteiger partial charge is 0.281 e. The summed E-state index contributed by atoms with van der Waals surface area (Å²) in [5.74, 6) is -0.388. The Kier molecular flexibility index (Phi) is 3.65. The summed E-state index contributed by atoms with van der Waals surface area (Å²) in [5, 5.41) is 21.4. The van der Waals surface area contributed by atoms with Crippen molar-refractivity contribution in [3.63, 3.8) is 0 Å². The number of nitro groups is 1. The molecule has 1 amide bonds. The summed E-state index contributed by atoms with van der Waals surface area (Å²) in [6.07, 6.45) is 4.12. The van der Waals surface area contributed by atoms with Gasteiger partial charge in [0, 0.05) is 29.0 Å².